The lowest BCUT2D eigenvalue weighted by Gasteiger charge is -2.00. The van der Waals surface area contributed by atoms with Gasteiger partial charge in [0.05, 0.1) is 5.69 Å². The fourth-order valence-corrected chi connectivity index (χ4v) is 2.59. The number of anilines is 1. The molecule has 4 heteroatoms. The average molecular weight is 256 g/mol. The second-order valence-electron chi connectivity index (χ2n) is 4.04. The molecule has 0 aliphatic rings. The van der Waals surface area contributed by atoms with Crippen LogP contribution in [0.5, 0.6) is 0 Å². The lowest BCUT2D eigenvalue weighted by Crippen LogP contribution is -1.84. The molecule has 90 valence electrons. The molecule has 2 aromatic carbocycles. The highest BCUT2D eigenvalue weighted by atomic mass is 32.2. The van der Waals surface area contributed by atoms with Gasteiger partial charge in [0.1, 0.15) is 5.52 Å². The van der Waals surface area contributed by atoms with Gasteiger partial charge in [-0.2, -0.15) is 0 Å². The van der Waals surface area contributed by atoms with Gasteiger partial charge in [0.15, 0.2) is 5.58 Å². The van der Waals surface area contributed by atoms with Crippen molar-refractivity contribution in [3.63, 3.8) is 0 Å². The van der Waals surface area contributed by atoms with E-state index < -0.39 is 0 Å². The Kier molecular flexibility index (Phi) is 2.72. The van der Waals surface area contributed by atoms with Gasteiger partial charge in [-0.15, -0.1) is 0 Å². The minimum atomic E-state index is 0.622. The summed E-state index contributed by atoms with van der Waals surface area (Å²) < 4.78 is 5.68. The van der Waals surface area contributed by atoms with Gasteiger partial charge in [0.25, 0.3) is 5.22 Å². The van der Waals surface area contributed by atoms with E-state index in [-0.39, 0.29) is 0 Å². The Labute approximate surface area is 109 Å². The van der Waals surface area contributed by atoms with Gasteiger partial charge in [-0.1, -0.05) is 24.3 Å². The molecule has 3 nitrogen and oxygen atoms in total. The van der Waals surface area contributed by atoms with Crippen LogP contribution < -0.4 is 5.73 Å². The van der Waals surface area contributed by atoms with Gasteiger partial charge in [-0.05, 0) is 42.4 Å². The molecule has 0 spiro atoms. The van der Waals surface area contributed by atoms with Crippen LogP contribution >= 0.6 is 11.8 Å². The Hall–Kier alpha value is -1.94. The van der Waals surface area contributed by atoms with E-state index in [0.29, 0.717) is 10.9 Å². The number of aromatic nitrogens is 1. The molecule has 0 bridgehead atoms. The smallest absolute Gasteiger partial charge is 0.261 e. The first kappa shape index (κ1) is 11.2. The lowest BCUT2D eigenvalue weighted by molar-refractivity contribution is 0.489. The van der Waals surface area contributed by atoms with Crippen LogP contribution in [0.2, 0.25) is 0 Å². The van der Waals surface area contributed by atoms with Gasteiger partial charge in [0, 0.05) is 4.90 Å². The molecule has 3 aromatic rings. The number of fused-ring (bicyclic) bond motifs is 1. The van der Waals surface area contributed by atoms with Crippen LogP contribution in [0.1, 0.15) is 5.56 Å². The summed E-state index contributed by atoms with van der Waals surface area (Å²) in [6, 6.07) is 13.7. The summed E-state index contributed by atoms with van der Waals surface area (Å²) in [7, 11) is 0. The van der Waals surface area contributed by atoms with Crippen molar-refractivity contribution in [1.82, 2.24) is 4.98 Å². The third-order valence-corrected chi connectivity index (χ3v) is 3.75. The maximum atomic E-state index is 5.86. The minimum absolute atomic E-state index is 0.622. The Bertz CT molecular complexity index is 706. The summed E-state index contributed by atoms with van der Waals surface area (Å²) >= 11 is 1.52. The molecule has 0 unspecified atom stereocenters. The molecule has 0 aliphatic carbocycles. The number of hydrogen-bond acceptors (Lipinski definition) is 4. The first-order chi connectivity index (χ1) is 8.74. The molecule has 0 fully saturated rings. The number of oxazole rings is 1. The zero-order valence-corrected chi connectivity index (χ0v) is 10.7. The van der Waals surface area contributed by atoms with E-state index in [4.69, 9.17) is 10.2 Å². The molecule has 18 heavy (non-hydrogen) atoms. The van der Waals surface area contributed by atoms with E-state index in [0.717, 1.165) is 16.0 Å². The van der Waals surface area contributed by atoms with E-state index in [9.17, 15) is 0 Å². The van der Waals surface area contributed by atoms with Crippen molar-refractivity contribution in [1.29, 1.82) is 0 Å². The maximum Gasteiger partial charge on any atom is 0.261 e. The number of nitrogens with two attached hydrogens (primary N) is 1. The summed E-state index contributed by atoms with van der Waals surface area (Å²) in [6.07, 6.45) is 0. The van der Waals surface area contributed by atoms with Gasteiger partial charge >= 0.3 is 0 Å². The highest BCUT2D eigenvalue weighted by molar-refractivity contribution is 7.99. The highest BCUT2D eigenvalue weighted by Crippen LogP contribution is 2.32. The van der Waals surface area contributed by atoms with E-state index in [2.05, 4.69) is 24.0 Å². The number of benzene rings is 2. The molecular weight excluding hydrogens is 244 g/mol. The van der Waals surface area contributed by atoms with E-state index >= 15 is 0 Å². The fourth-order valence-electron chi connectivity index (χ4n) is 1.76. The molecule has 3 rings (SSSR count). The molecule has 0 saturated heterocycles. The summed E-state index contributed by atoms with van der Waals surface area (Å²) in [5, 5.41) is 0.622. The van der Waals surface area contributed by atoms with Crippen LogP contribution in [0.25, 0.3) is 11.1 Å². The van der Waals surface area contributed by atoms with Crippen molar-refractivity contribution >= 4 is 28.5 Å². The normalized spacial score (nSPS) is 10.9. The summed E-state index contributed by atoms with van der Waals surface area (Å²) in [4.78, 5) is 5.56. The second-order valence-corrected chi connectivity index (χ2v) is 5.03. The van der Waals surface area contributed by atoms with Crippen LogP contribution in [0, 0.1) is 6.92 Å². The van der Waals surface area contributed by atoms with Gasteiger partial charge in [-0.25, -0.2) is 4.98 Å². The van der Waals surface area contributed by atoms with Crippen molar-refractivity contribution in [2.24, 2.45) is 0 Å². The van der Waals surface area contributed by atoms with E-state index in [1.165, 1.54) is 17.3 Å². The zero-order valence-electron chi connectivity index (χ0n) is 9.88. The van der Waals surface area contributed by atoms with Crippen LogP contribution in [0.3, 0.4) is 0 Å². The lowest BCUT2D eigenvalue weighted by atomic mass is 10.2. The van der Waals surface area contributed by atoms with Crippen LogP contribution in [0.4, 0.5) is 5.69 Å². The zero-order chi connectivity index (χ0) is 12.5. The van der Waals surface area contributed by atoms with Gasteiger partial charge < -0.3 is 10.2 Å². The number of aryl methyl sites for hydroxylation is 1. The molecule has 0 amide bonds. The van der Waals surface area contributed by atoms with Crippen molar-refractivity contribution in [2.45, 2.75) is 17.0 Å². The maximum absolute atomic E-state index is 5.86. The monoisotopic (exact) mass is 256 g/mol. The Morgan fingerprint density at radius 3 is 2.72 bits per heavy atom. The summed E-state index contributed by atoms with van der Waals surface area (Å²) in [5.74, 6) is 0. The number of nitrogen functional groups attached to an aromatic ring is 1. The largest absolute Gasteiger partial charge is 0.431 e. The Morgan fingerprint density at radius 2 is 1.94 bits per heavy atom. The number of rotatable bonds is 2. The van der Waals surface area contributed by atoms with Crippen molar-refractivity contribution in [3.8, 4) is 0 Å². The predicted molar refractivity (Wildman–Crippen MR) is 73.7 cm³/mol. The van der Waals surface area contributed by atoms with Crippen molar-refractivity contribution in [2.75, 3.05) is 5.73 Å². The van der Waals surface area contributed by atoms with Gasteiger partial charge in [-0.3, -0.25) is 0 Å². The molecule has 1 aromatic heterocycles. The number of nitrogens with zero attached hydrogens (tertiary/aromatic N) is 1. The molecule has 0 aliphatic heterocycles. The van der Waals surface area contributed by atoms with Gasteiger partial charge in [0.2, 0.25) is 0 Å². The average Bonchev–Trinajstić information content (AvgIpc) is 2.76. The molecule has 1 heterocycles. The third kappa shape index (κ3) is 1.95. The quantitative estimate of drug-likeness (QED) is 0.707. The molecular formula is C14H12N2OS. The molecule has 0 saturated carbocycles. The molecule has 0 atom stereocenters. The minimum Gasteiger partial charge on any atom is -0.431 e. The molecule has 0 radical (unpaired) electrons. The summed E-state index contributed by atoms with van der Waals surface area (Å²) in [6.45, 7) is 2.07. The first-order valence-electron chi connectivity index (χ1n) is 5.62. The predicted octanol–water partition coefficient (Wildman–Crippen LogP) is 3.87. The van der Waals surface area contributed by atoms with Crippen LogP contribution in [-0.2, 0) is 0 Å². The second kappa shape index (κ2) is 4.38. The van der Waals surface area contributed by atoms with Crippen molar-refractivity contribution < 1.29 is 4.42 Å². The van der Waals surface area contributed by atoms with E-state index in [1.807, 2.05) is 30.3 Å². The number of para-hydroxylation sites is 1. The molecule has 2 N–H and O–H groups in total. The summed E-state index contributed by atoms with van der Waals surface area (Å²) in [5.41, 5.74) is 9.17. The first-order valence-corrected chi connectivity index (χ1v) is 6.44. The standard InChI is InChI=1S/C14H12N2OS/c1-9-5-2-3-8-12(9)18-14-16-13-10(15)6-4-7-11(13)17-14/h2-8H,15H2,1H3. The topological polar surface area (TPSA) is 52.0 Å². The Balaban J connectivity index is 2.01. The van der Waals surface area contributed by atoms with Crippen LogP contribution in [-0.4, -0.2) is 4.98 Å². The van der Waals surface area contributed by atoms with Crippen LogP contribution in [0.15, 0.2) is 57.0 Å². The number of hydrogen-bond donors (Lipinski definition) is 1. The fraction of sp³-hybridized carbons (Fsp3) is 0.0714. The van der Waals surface area contributed by atoms with Crippen molar-refractivity contribution in [3.05, 3.63) is 48.0 Å². The SMILES string of the molecule is Cc1ccccc1Sc1nc2c(N)cccc2o1. The third-order valence-electron chi connectivity index (χ3n) is 2.72. The highest BCUT2D eigenvalue weighted by Gasteiger charge is 2.10. The Morgan fingerprint density at radius 1 is 1.11 bits per heavy atom. The van der Waals surface area contributed by atoms with E-state index in [1.54, 1.807) is 0 Å².